The molecule has 2 aliphatic carbocycles. The van der Waals surface area contributed by atoms with Gasteiger partial charge in [-0.25, -0.2) is 0 Å². The molecule has 0 aromatic carbocycles. The lowest BCUT2D eigenvalue weighted by atomic mass is 9.66. The Balaban J connectivity index is 1.70. The van der Waals surface area contributed by atoms with Crippen LogP contribution in [0.25, 0.3) is 0 Å². The molecule has 212 valence electrons. The van der Waals surface area contributed by atoms with Crippen molar-refractivity contribution in [1.82, 2.24) is 19.7 Å². The standard InChI is InChI=1S/C28H35F3N4O4/c1-16-12-32-13-17(2)22(16)20(36)15-34(21-8-9-26(21,3)4)24(37)19-14-33-35(23(19)28(29,30)31)18-6-10-27(5,11-7-18)25(38)39/h12-14,18,21H,6-11,15H2,1-5H3,(H,38,39)/t18?,21-,27?/m0/s1. The number of nitrogens with zero attached hydrogens (tertiary/aromatic N) is 4. The Morgan fingerprint density at radius 3 is 2.08 bits per heavy atom. The first kappa shape index (κ1) is 28.8. The number of hydrogen-bond acceptors (Lipinski definition) is 5. The van der Waals surface area contributed by atoms with Gasteiger partial charge in [0.05, 0.1) is 29.8 Å². The molecule has 0 bridgehead atoms. The van der Waals surface area contributed by atoms with Crippen LogP contribution in [0.3, 0.4) is 0 Å². The maximum Gasteiger partial charge on any atom is 0.433 e. The summed E-state index contributed by atoms with van der Waals surface area (Å²) < 4.78 is 44.3. The summed E-state index contributed by atoms with van der Waals surface area (Å²) in [5, 5.41) is 13.5. The molecule has 4 rings (SSSR count). The molecular weight excluding hydrogens is 513 g/mol. The van der Waals surface area contributed by atoms with Crippen LogP contribution in [0, 0.1) is 24.7 Å². The number of aryl methyl sites for hydroxylation is 2. The number of pyridine rings is 1. The molecule has 2 fully saturated rings. The third-order valence-electron chi connectivity index (χ3n) is 8.73. The summed E-state index contributed by atoms with van der Waals surface area (Å²) in [5.74, 6) is -2.21. The summed E-state index contributed by atoms with van der Waals surface area (Å²) in [6.07, 6.45) is 1.31. The number of rotatable bonds is 7. The molecule has 0 saturated heterocycles. The molecule has 0 unspecified atom stereocenters. The average Bonchev–Trinajstić information content (AvgIpc) is 3.29. The largest absolute Gasteiger partial charge is 0.481 e. The van der Waals surface area contributed by atoms with E-state index in [0.717, 1.165) is 17.3 Å². The molecule has 0 aliphatic heterocycles. The van der Waals surface area contributed by atoms with Crippen LogP contribution in [0.15, 0.2) is 18.6 Å². The van der Waals surface area contributed by atoms with E-state index in [2.05, 4.69) is 10.1 Å². The Bertz CT molecular complexity index is 1270. The van der Waals surface area contributed by atoms with Gasteiger partial charge in [-0.1, -0.05) is 13.8 Å². The highest BCUT2D eigenvalue weighted by atomic mass is 19.4. The van der Waals surface area contributed by atoms with Crippen LogP contribution in [-0.4, -0.2) is 55.0 Å². The quantitative estimate of drug-likeness (QED) is 0.450. The molecule has 11 heteroatoms. The predicted molar refractivity (Wildman–Crippen MR) is 136 cm³/mol. The van der Waals surface area contributed by atoms with Gasteiger partial charge >= 0.3 is 12.1 Å². The lowest BCUT2D eigenvalue weighted by molar-refractivity contribution is -0.152. The number of ketones is 1. The van der Waals surface area contributed by atoms with Gasteiger partial charge in [-0.05, 0) is 75.8 Å². The average molecular weight is 549 g/mol. The van der Waals surface area contributed by atoms with Crippen LogP contribution in [-0.2, 0) is 11.0 Å². The number of aliphatic carboxylic acids is 1. The molecule has 1 N–H and O–H groups in total. The number of alkyl halides is 3. The highest BCUT2D eigenvalue weighted by Crippen LogP contribution is 2.46. The molecule has 2 saturated carbocycles. The molecular formula is C28H35F3N4O4. The smallest absolute Gasteiger partial charge is 0.433 e. The van der Waals surface area contributed by atoms with Crippen LogP contribution in [0.4, 0.5) is 13.2 Å². The Labute approximate surface area is 225 Å². The van der Waals surface area contributed by atoms with Crippen molar-refractivity contribution in [3.8, 4) is 0 Å². The molecule has 0 spiro atoms. The summed E-state index contributed by atoms with van der Waals surface area (Å²) in [7, 11) is 0. The Morgan fingerprint density at radius 2 is 1.62 bits per heavy atom. The SMILES string of the molecule is Cc1cncc(C)c1C(=O)CN(C(=O)c1cnn(C2CCC(C)(C(=O)O)CC2)c1C(F)(F)F)[C@H]1CCC1(C)C. The number of amides is 1. The second-order valence-electron chi connectivity index (χ2n) is 12.0. The zero-order valence-corrected chi connectivity index (χ0v) is 22.9. The van der Waals surface area contributed by atoms with Crippen LogP contribution >= 0.6 is 0 Å². The van der Waals surface area contributed by atoms with Crippen LogP contribution in [0.1, 0.15) is 103 Å². The molecule has 8 nitrogen and oxygen atoms in total. The monoisotopic (exact) mass is 548 g/mol. The van der Waals surface area contributed by atoms with Crippen molar-refractivity contribution in [3.05, 3.63) is 46.5 Å². The first-order chi connectivity index (χ1) is 18.1. The van der Waals surface area contributed by atoms with Gasteiger partial charge in [-0.3, -0.25) is 24.0 Å². The number of carboxylic acid groups (broad SMARTS) is 1. The topological polar surface area (TPSA) is 105 Å². The Kier molecular flexibility index (Phi) is 7.42. The van der Waals surface area contributed by atoms with Crippen molar-refractivity contribution in [2.75, 3.05) is 6.54 Å². The second kappa shape index (κ2) is 10.1. The predicted octanol–water partition coefficient (Wildman–Crippen LogP) is 5.63. The van der Waals surface area contributed by atoms with Gasteiger partial charge in [0.15, 0.2) is 11.5 Å². The molecule has 0 radical (unpaired) electrons. The van der Waals surface area contributed by atoms with Crippen molar-refractivity contribution < 1.29 is 32.7 Å². The zero-order chi connectivity index (χ0) is 28.9. The lowest BCUT2D eigenvalue weighted by Gasteiger charge is -2.50. The van der Waals surface area contributed by atoms with E-state index in [1.165, 1.54) is 4.90 Å². The fourth-order valence-corrected chi connectivity index (χ4v) is 6.06. The molecule has 2 aromatic heterocycles. The van der Waals surface area contributed by atoms with Crippen LogP contribution in [0.5, 0.6) is 0 Å². The molecule has 2 heterocycles. The van der Waals surface area contributed by atoms with Gasteiger partial charge in [0, 0.05) is 24.0 Å². The summed E-state index contributed by atoms with van der Waals surface area (Å²) >= 11 is 0. The van der Waals surface area contributed by atoms with Gasteiger partial charge < -0.3 is 10.0 Å². The maximum absolute atomic E-state index is 14.5. The van der Waals surface area contributed by atoms with Gasteiger partial charge in [0.1, 0.15) is 0 Å². The number of halogens is 3. The summed E-state index contributed by atoms with van der Waals surface area (Å²) in [5.41, 5.74) is -1.43. The highest BCUT2D eigenvalue weighted by Gasteiger charge is 2.49. The number of carboxylic acids is 1. The van der Waals surface area contributed by atoms with E-state index in [1.54, 1.807) is 33.2 Å². The van der Waals surface area contributed by atoms with E-state index < -0.39 is 46.8 Å². The van der Waals surface area contributed by atoms with E-state index in [9.17, 15) is 32.7 Å². The van der Waals surface area contributed by atoms with Crippen molar-refractivity contribution in [3.63, 3.8) is 0 Å². The minimum atomic E-state index is -4.88. The molecule has 39 heavy (non-hydrogen) atoms. The van der Waals surface area contributed by atoms with Crippen molar-refractivity contribution in [2.45, 2.75) is 91.4 Å². The third-order valence-corrected chi connectivity index (χ3v) is 8.73. The fraction of sp³-hybridized carbons (Fsp3) is 0.607. The van der Waals surface area contributed by atoms with Crippen molar-refractivity contribution >= 4 is 17.7 Å². The van der Waals surface area contributed by atoms with Gasteiger partial charge in [0.25, 0.3) is 5.91 Å². The fourth-order valence-electron chi connectivity index (χ4n) is 6.06. The van der Waals surface area contributed by atoms with Gasteiger partial charge in [0.2, 0.25) is 0 Å². The maximum atomic E-state index is 14.5. The minimum absolute atomic E-state index is 0.194. The number of carbonyl (C=O) groups is 3. The number of Topliss-reactive ketones (excluding diaryl/α,β-unsaturated/α-hetero) is 1. The summed E-state index contributed by atoms with van der Waals surface area (Å²) in [6.45, 7) is 8.57. The normalized spacial score (nSPS) is 24.6. The summed E-state index contributed by atoms with van der Waals surface area (Å²) in [4.78, 5) is 44.3. The summed E-state index contributed by atoms with van der Waals surface area (Å²) in [6, 6.07) is -1.10. The van der Waals surface area contributed by atoms with E-state index in [1.807, 2.05) is 13.8 Å². The lowest BCUT2D eigenvalue weighted by Crippen LogP contribution is -2.56. The first-order valence-corrected chi connectivity index (χ1v) is 13.2. The Hall–Kier alpha value is -3.24. The van der Waals surface area contributed by atoms with E-state index in [0.29, 0.717) is 23.1 Å². The molecule has 2 aromatic rings. The van der Waals surface area contributed by atoms with E-state index in [4.69, 9.17) is 0 Å². The number of hydrogen-bond donors (Lipinski definition) is 1. The van der Waals surface area contributed by atoms with Crippen LogP contribution in [0.2, 0.25) is 0 Å². The zero-order valence-electron chi connectivity index (χ0n) is 22.9. The van der Waals surface area contributed by atoms with E-state index in [-0.39, 0.29) is 43.4 Å². The van der Waals surface area contributed by atoms with E-state index >= 15 is 0 Å². The molecule has 2 aliphatic rings. The van der Waals surface area contributed by atoms with Gasteiger partial charge in [-0.15, -0.1) is 0 Å². The molecule has 1 atom stereocenters. The number of aromatic nitrogens is 3. The second-order valence-corrected chi connectivity index (χ2v) is 12.0. The molecule has 1 amide bonds. The van der Waals surface area contributed by atoms with Crippen molar-refractivity contribution in [1.29, 1.82) is 0 Å². The highest BCUT2D eigenvalue weighted by molar-refractivity contribution is 6.04. The third kappa shape index (κ3) is 5.32. The van der Waals surface area contributed by atoms with Gasteiger partial charge in [-0.2, -0.15) is 18.3 Å². The Morgan fingerprint density at radius 1 is 1.03 bits per heavy atom. The first-order valence-electron chi connectivity index (χ1n) is 13.2. The minimum Gasteiger partial charge on any atom is -0.481 e. The van der Waals surface area contributed by atoms with Crippen LogP contribution < -0.4 is 0 Å². The van der Waals surface area contributed by atoms with Crippen molar-refractivity contribution in [2.24, 2.45) is 10.8 Å². The number of carbonyl (C=O) groups excluding carboxylic acids is 2.